The Labute approximate surface area is 195 Å². The standard InChI is InChI=1S/C26H40N2O3S/c1-25(30)8-6-17-15(11-25)4-5-19-18(17)7-9-26(2)23(19)20-10-21(20)24(26)22(29)14-28-13-16(12-27)32(3)31/h12-13,15,17-21,23-24,30H,4-11,14,27H2,1-3H3/t15-,17+,18-,19-,20-,21+,23-,24-,25-,26+,32?/m1/s1. The maximum absolute atomic E-state index is 13.4. The summed E-state index contributed by atoms with van der Waals surface area (Å²) in [6.07, 6.45) is 13.7. The number of carbonyl (C=O) groups excluding carboxylic acids is 1. The van der Waals surface area contributed by atoms with Gasteiger partial charge in [-0.1, -0.05) is 6.92 Å². The molecule has 0 aromatic rings. The van der Waals surface area contributed by atoms with Gasteiger partial charge in [-0.2, -0.15) is 0 Å². The Morgan fingerprint density at radius 2 is 1.84 bits per heavy atom. The third-order valence-corrected chi connectivity index (χ3v) is 11.2. The average molecular weight is 461 g/mol. The van der Waals surface area contributed by atoms with Crippen LogP contribution in [0.25, 0.3) is 0 Å². The first-order chi connectivity index (χ1) is 15.2. The van der Waals surface area contributed by atoms with Gasteiger partial charge in [-0.05, 0) is 105 Å². The molecule has 5 rings (SSSR count). The second kappa shape index (κ2) is 8.04. The molecule has 6 heteroatoms. The quantitative estimate of drug-likeness (QED) is 0.612. The minimum absolute atomic E-state index is 0.120. The van der Waals surface area contributed by atoms with Crippen LogP contribution in [0.5, 0.6) is 0 Å². The predicted molar refractivity (Wildman–Crippen MR) is 128 cm³/mol. The maximum Gasteiger partial charge on any atom is 0.158 e. The number of aliphatic hydroxyl groups is 1. The molecule has 0 spiro atoms. The van der Waals surface area contributed by atoms with E-state index in [4.69, 9.17) is 5.73 Å². The van der Waals surface area contributed by atoms with Crippen LogP contribution in [0.2, 0.25) is 0 Å². The fourth-order valence-corrected chi connectivity index (χ4v) is 9.61. The van der Waals surface area contributed by atoms with E-state index in [2.05, 4.69) is 11.9 Å². The van der Waals surface area contributed by atoms with Gasteiger partial charge in [0.25, 0.3) is 0 Å². The Morgan fingerprint density at radius 1 is 1.09 bits per heavy atom. The lowest BCUT2D eigenvalue weighted by molar-refractivity contribution is -0.134. The summed E-state index contributed by atoms with van der Waals surface area (Å²) in [6.45, 7) is 4.62. The van der Waals surface area contributed by atoms with Crippen LogP contribution in [0.1, 0.15) is 65.2 Å². The van der Waals surface area contributed by atoms with Gasteiger partial charge in [0.15, 0.2) is 5.78 Å². The van der Waals surface area contributed by atoms with Gasteiger partial charge in [-0.3, -0.25) is 14.0 Å². The van der Waals surface area contributed by atoms with E-state index in [0.29, 0.717) is 22.7 Å². The molecule has 5 fully saturated rings. The van der Waals surface area contributed by atoms with Crippen LogP contribution in [-0.2, 0) is 15.6 Å². The topological polar surface area (TPSA) is 92.8 Å². The summed E-state index contributed by atoms with van der Waals surface area (Å²) >= 11 is 0. The molecule has 0 saturated heterocycles. The minimum Gasteiger partial charge on any atom is -0.404 e. The number of ketones is 1. The van der Waals surface area contributed by atoms with Gasteiger partial charge in [0.05, 0.1) is 27.9 Å². The Morgan fingerprint density at radius 3 is 2.56 bits per heavy atom. The molecule has 0 radical (unpaired) electrons. The molecule has 0 amide bonds. The van der Waals surface area contributed by atoms with Crippen molar-refractivity contribution in [1.29, 1.82) is 0 Å². The van der Waals surface area contributed by atoms with Gasteiger partial charge in [0, 0.05) is 24.6 Å². The molecule has 0 bridgehead atoms. The number of nitrogens with zero attached hydrogens (tertiary/aromatic N) is 1. The largest absolute Gasteiger partial charge is 0.404 e. The lowest BCUT2D eigenvalue weighted by Gasteiger charge is -2.57. The summed E-state index contributed by atoms with van der Waals surface area (Å²) in [6, 6.07) is 0. The number of hydrogen-bond donors (Lipinski definition) is 2. The van der Waals surface area contributed by atoms with Crippen molar-refractivity contribution in [2.75, 3.05) is 12.8 Å². The molecule has 5 saturated carbocycles. The van der Waals surface area contributed by atoms with Crippen molar-refractivity contribution in [1.82, 2.24) is 0 Å². The molecule has 0 aromatic heterocycles. The number of hydrogen-bond acceptors (Lipinski definition) is 5. The summed E-state index contributed by atoms with van der Waals surface area (Å²) in [5.41, 5.74) is 5.18. The van der Waals surface area contributed by atoms with Gasteiger partial charge in [0.1, 0.15) is 0 Å². The molecule has 32 heavy (non-hydrogen) atoms. The van der Waals surface area contributed by atoms with Crippen molar-refractivity contribution in [2.45, 2.75) is 70.8 Å². The second-order valence-corrected chi connectivity index (χ2v) is 13.5. The molecule has 3 N–H and O–H groups in total. The van der Waals surface area contributed by atoms with Crippen LogP contribution in [0.3, 0.4) is 0 Å². The monoisotopic (exact) mass is 460 g/mol. The van der Waals surface area contributed by atoms with Crippen molar-refractivity contribution in [3.63, 3.8) is 0 Å². The fraction of sp³-hybridized carbons (Fsp3) is 0.846. The van der Waals surface area contributed by atoms with Crippen molar-refractivity contribution in [2.24, 2.45) is 63.5 Å². The summed E-state index contributed by atoms with van der Waals surface area (Å²) < 4.78 is 11.6. The third-order valence-electron chi connectivity index (χ3n) is 10.3. The highest BCUT2D eigenvalue weighted by Crippen LogP contribution is 2.74. The van der Waals surface area contributed by atoms with Crippen LogP contribution in [0.4, 0.5) is 0 Å². The molecule has 178 valence electrons. The smallest absolute Gasteiger partial charge is 0.158 e. The Balaban J connectivity index is 1.31. The third kappa shape index (κ3) is 3.64. The van der Waals surface area contributed by atoms with E-state index >= 15 is 0 Å². The SMILES string of the molecule is CS(=O)C(C=NCC(=O)[C@H]1[C@H]2C[C@H]2[C@H]2[C@@H]3CC[C@@H]4C[C@](C)(O)CC[C@@H]4[C@H]3CC[C@@]21C)=CN. The average Bonchev–Trinajstić information content (AvgIpc) is 3.43. The molecule has 11 atom stereocenters. The first kappa shape index (κ1) is 22.8. The highest BCUT2D eigenvalue weighted by molar-refractivity contribution is 7.89. The van der Waals surface area contributed by atoms with Gasteiger partial charge >= 0.3 is 0 Å². The fourth-order valence-electron chi connectivity index (χ4n) is 9.19. The Bertz CT molecular complexity index is 867. The second-order valence-electron chi connectivity index (χ2n) is 12.1. The number of allylic oxidation sites excluding steroid dienone is 1. The number of rotatable bonds is 5. The van der Waals surface area contributed by atoms with Crippen molar-refractivity contribution < 1.29 is 14.1 Å². The van der Waals surface area contributed by atoms with Gasteiger partial charge in [-0.15, -0.1) is 0 Å². The molecule has 0 heterocycles. The highest BCUT2D eigenvalue weighted by Gasteiger charge is 2.70. The van der Waals surface area contributed by atoms with Crippen molar-refractivity contribution >= 4 is 22.8 Å². The van der Waals surface area contributed by atoms with E-state index in [-0.39, 0.29) is 23.7 Å². The lowest BCUT2D eigenvalue weighted by Crippen LogP contribution is -2.52. The van der Waals surface area contributed by atoms with Gasteiger partial charge < -0.3 is 10.8 Å². The summed E-state index contributed by atoms with van der Waals surface area (Å²) in [4.78, 5) is 18.2. The molecule has 5 aliphatic carbocycles. The van der Waals surface area contributed by atoms with E-state index in [0.717, 1.165) is 36.5 Å². The zero-order valence-electron chi connectivity index (χ0n) is 19.8. The Kier molecular flexibility index (Phi) is 5.72. The van der Waals surface area contributed by atoms with Gasteiger partial charge in [-0.25, -0.2) is 0 Å². The van der Waals surface area contributed by atoms with Crippen LogP contribution >= 0.6 is 0 Å². The van der Waals surface area contributed by atoms with Crippen molar-refractivity contribution in [3.05, 3.63) is 11.1 Å². The van der Waals surface area contributed by atoms with Gasteiger partial charge in [0.2, 0.25) is 0 Å². The number of nitrogens with two attached hydrogens (primary N) is 1. The minimum atomic E-state index is -1.19. The van der Waals surface area contributed by atoms with E-state index in [1.165, 1.54) is 50.9 Å². The molecule has 0 aliphatic heterocycles. The summed E-state index contributed by atoms with van der Waals surface area (Å²) in [5.74, 6) is 5.44. The predicted octanol–water partition coefficient (Wildman–Crippen LogP) is 3.68. The normalized spacial score (nSPS) is 50.8. The first-order valence-electron chi connectivity index (χ1n) is 12.7. The van der Waals surface area contributed by atoms with Crippen LogP contribution in [0.15, 0.2) is 16.1 Å². The molecular weight excluding hydrogens is 420 g/mol. The zero-order valence-corrected chi connectivity index (χ0v) is 20.7. The number of Topliss-reactive ketones (excluding diaryl/α,β-unsaturated/α-hetero) is 1. The number of carbonyl (C=O) groups is 1. The lowest BCUT2D eigenvalue weighted by atomic mass is 9.48. The first-order valence-corrected chi connectivity index (χ1v) is 14.2. The molecule has 1 unspecified atom stereocenters. The van der Waals surface area contributed by atoms with Crippen LogP contribution in [-0.4, -0.2) is 39.7 Å². The summed E-state index contributed by atoms with van der Waals surface area (Å²) in [5, 5.41) is 10.6. The van der Waals surface area contributed by atoms with E-state index in [9.17, 15) is 14.1 Å². The van der Waals surface area contributed by atoms with Crippen molar-refractivity contribution in [3.8, 4) is 0 Å². The number of aliphatic imine (C=N–C) groups is 1. The molecular formula is C26H40N2O3S. The molecule has 5 aliphatic rings. The van der Waals surface area contributed by atoms with E-state index in [1.807, 2.05) is 6.92 Å². The zero-order chi connectivity index (χ0) is 22.8. The Hall–Kier alpha value is -1.01. The number of fused-ring (bicyclic) bond motifs is 7. The van der Waals surface area contributed by atoms with Crippen LogP contribution < -0.4 is 5.73 Å². The maximum atomic E-state index is 13.4. The highest BCUT2D eigenvalue weighted by atomic mass is 32.2. The molecule has 0 aromatic carbocycles. The summed E-state index contributed by atoms with van der Waals surface area (Å²) in [7, 11) is -1.19. The molecule has 5 nitrogen and oxygen atoms in total. The van der Waals surface area contributed by atoms with Crippen LogP contribution in [0, 0.1) is 52.8 Å². The van der Waals surface area contributed by atoms with E-state index in [1.54, 1.807) is 6.26 Å². The van der Waals surface area contributed by atoms with E-state index < -0.39 is 16.4 Å².